The molecule has 0 aliphatic carbocycles. The van der Waals surface area contributed by atoms with E-state index in [4.69, 9.17) is 10.8 Å². The molecule has 0 aliphatic heterocycles. The monoisotopic (exact) mass is 213 g/mol. The van der Waals surface area contributed by atoms with Gasteiger partial charge >= 0.3 is 0 Å². The Hall–Kier alpha value is -0.710. The van der Waals surface area contributed by atoms with Gasteiger partial charge in [0, 0.05) is 28.3 Å². The van der Waals surface area contributed by atoms with Crippen LogP contribution in [0.5, 0.6) is 0 Å². The summed E-state index contributed by atoms with van der Waals surface area (Å²) in [6.07, 6.45) is 0. The molecule has 14 heavy (non-hydrogen) atoms. The lowest BCUT2D eigenvalue weighted by atomic mass is 10.2. The minimum Gasteiger partial charge on any atom is -0.395 e. The van der Waals surface area contributed by atoms with Gasteiger partial charge in [0.05, 0.1) is 6.61 Å². The second kappa shape index (κ2) is 5.90. The van der Waals surface area contributed by atoms with Gasteiger partial charge in [-0.3, -0.25) is 4.21 Å². The maximum absolute atomic E-state index is 11.5. The smallest absolute Gasteiger partial charge is 0.0591 e. The molecule has 1 aromatic rings. The van der Waals surface area contributed by atoms with Crippen molar-refractivity contribution in [1.82, 2.24) is 0 Å². The van der Waals surface area contributed by atoms with Gasteiger partial charge in [-0.1, -0.05) is 30.3 Å². The van der Waals surface area contributed by atoms with Crippen molar-refractivity contribution in [3.63, 3.8) is 0 Å². The molecule has 0 spiro atoms. The van der Waals surface area contributed by atoms with E-state index in [0.29, 0.717) is 11.5 Å². The van der Waals surface area contributed by atoms with Crippen LogP contribution >= 0.6 is 0 Å². The Labute approximate surface area is 86.4 Å². The number of aliphatic hydroxyl groups excluding tert-OH is 1. The fourth-order valence-electron chi connectivity index (χ4n) is 1.11. The number of rotatable bonds is 5. The van der Waals surface area contributed by atoms with Gasteiger partial charge in [-0.05, 0) is 5.56 Å². The summed E-state index contributed by atoms with van der Waals surface area (Å²) in [4.78, 5) is 0. The Morgan fingerprint density at radius 2 is 2.00 bits per heavy atom. The predicted octanol–water partition coefficient (Wildman–Crippen LogP) is 0.255. The fraction of sp³-hybridized carbons (Fsp3) is 0.400. The van der Waals surface area contributed by atoms with Crippen molar-refractivity contribution >= 4 is 10.8 Å². The van der Waals surface area contributed by atoms with E-state index in [-0.39, 0.29) is 12.6 Å². The van der Waals surface area contributed by atoms with Gasteiger partial charge in [-0.25, -0.2) is 0 Å². The van der Waals surface area contributed by atoms with E-state index in [1.54, 1.807) is 0 Å². The number of benzene rings is 1. The molecule has 0 saturated heterocycles. The first-order chi connectivity index (χ1) is 6.72. The zero-order valence-corrected chi connectivity index (χ0v) is 8.74. The Morgan fingerprint density at radius 3 is 2.57 bits per heavy atom. The van der Waals surface area contributed by atoms with Crippen LogP contribution in [0.2, 0.25) is 0 Å². The molecule has 3 nitrogen and oxygen atoms in total. The molecule has 78 valence electrons. The summed E-state index contributed by atoms with van der Waals surface area (Å²) in [6, 6.07) is 9.24. The first-order valence-corrected chi connectivity index (χ1v) is 5.96. The summed E-state index contributed by atoms with van der Waals surface area (Å²) in [5.41, 5.74) is 6.52. The fourth-order valence-corrected chi connectivity index (χ4v) is 2.38. The lowest BCUT2D eigenvalue weighted by Crippen LogP contribution is -2.31. The van der Waals surface area contributed by atoms with Gasteiger partial charge in [0.1, 0.15) is 0 Å². The molecule has 0 fully saturated rings. The van der Waals surface area contributed by atoms with Crippen molar-refractivity contribution in [2.24, 2.45) is 5.73 Å². The molecule has 1 aromatic carbocycles. The highest BCUT2D eigenvalue weighted by atomic mass is 32.2. The summed E-state index contributed by atoms with van der Waals surface area (Å²) in [5, 5.41) is 8.69. The second-order valence-corrected chi connectivity index (χ2v) is 4.68. The van der Waals surface area contributed by atoms with Crippen molar-refractivity contribution in [3.8, 4) is 0 Å². The standard InChI is InChI=1S/C10H15NO2S/c11-10(6-12)8-14(13)7-9-4-2-1-3-5-9/h1-5,10,12H,6-8,11H2/t10-,14-/m1/s1. The minimum atomic E-state index is -0.986. The van der Waals surface area contributed by atoms with E-state index >= 15 is 0 Å². The molecule has 4 heteroatoms. The first kappa shape index (κ1) is 11.4. The van der Waals surface area contributed by atoms with Crippen LogP contribution in [0.3, 0.4) is 0 Å². The molecule has 0 bridgehead atoms. The summed E-state index contributed by atoms with van der Waals surface area (Å²) < 4.78 is 11.5. The Balaban J connectivity index is 2.42. The van der Waals surface area contributed by atoms with E-state index in [1.165, 1.54) is 0 Å². The third-order valence-corrected chi connectivity index (χ3v) is 3.26. The zero-order valence-electron chi connectivity index (χ0n) is 7.93. The van der Waals surface area contributed by atoms with Gasteiger partial charge in [0.2, 0.25) is 0 Å². The molecule has 0 amide bonds. The second-order valence-electron chi connectivity index (χ2n) is 3.18. The Kier molecular flexibility index (Phi) is 4.79. The molecule has 3 N–H and O–H groups in total. The Bertz CT molecular complexity index is 289. The van der Waals surface area contributed by atoms with Gasteiger partial charge in [0.15, 0.2) is 0 Å². The number of hydrogen-bond donors (Lipinski definition) is 2. The van der Waals surface area contributed by atoms with Crippen molar-refractivity contribution in [1.29, 1.82) is 0 Å². The molecular weight excluding hydrogens is 198 g/mol. The number of hydrogen-bond acceptors (Lipinski definition) is 3. The normalized spacial score (nSPS) is 15.0. The van der Waals surface area contributed by atoms with Crippen molar-refractivity contribution in [2.75, 3.05) is 12.4 Å². The van der Waals surface area contributed by atoms with Crippen LogP contribution in [-0.2, 0) is 16.6 Å². The highest BCUT2D eigenvalue weighted by Crippen LogP contribution is 2.03. The van der Waals surface area contributed by atoms with Crippen LogP contribution < -0.4 is 5.73 Å². The largest absolute Gasteiger partial charge is 0.395 e. The predicted molar refractivity (Wildman–Crippen MR) is 58.2 cm³/mol. The van der Waals surface area contributed by atoms with Gasteiger partial charge < -0.3 is 10.8 Å². The average Bonchev–Trinajstić information content (AvgIpc) is 2.19. The molecule has 2 atom stereocenters. The third kappa shape index (κ3) is 4.00. The summed E-state index contributed by atoms with van der Waals surface area (Å²) in [7, 11) is -0.986. The Morgan fingerprint density at radius 1 is 1.36 bits per heavy atom. The lowest BCUT2D eigenvalue weighted by molar-refractivity contribution is 0.275. The quantitative estimate of drug-likeness (QED) is 0.737. The van der Waals surface area contributed by atoms with Gasteiger partial charge in [-0.2, -0.15) is 0 Å². The van der Waals surface area contributed by atoms with Gasteiger partial charge in [0.25, 0.3) is 0 Å². The number of nitrogens with two attached hydrogens (primary N) is 1. The highest BCUT2D eigenvalue weighted by Gasteiger charge is 2.07. The average molecular weight is 213 g/mol. The van der Waals surface area contributed by atoms with E-state index in [2.05, 4.69) is 0 Å². The SMILES string of the molecule is N[C@H](CO)C[S@](=O)Cc1ccccc1. The van der Waals surface area contributed by atoms with E-state index in [9.17, 15) is 4.21 Å². The van der Waals surface area contributed by atoms with Gasteiger partial charge in [-0.15, -0.1) is 0 Å². The first-order valence-electron chi connectivity index (χ1n) is 4.47. The molecule has 0 unspecified atom stereocenters. The maximum atomic E-state index is 11.5. The zero-order chi connectivity index (χ0) is 10.4. The van der Waals surface area contributed by atoms with Crippen molar-refractivity contribution in [2.45, 2.75) is 11.8 Å². The molecule has 0 aliphatic rings. The number of aliphatic hydroxyl groups is 1. The van der Waals surface area contributed by atoms with Crippen molar-refractivity contribution < 1.29 is 9.32 Å². The minimum absolute atomic E-state index is 0.111. The summed E-state index contributed by atoms with van der Waals surface area (Å²) in [6.45, 7) is -0.111. The maximum Gasteiger partial charge on any atom is 0.0591 e. The van der Waals surface area contributed by atoms with E-state index in [0.717, 1.165) is 5.56 Å². The summed E-state index contributed by atoms with van der Waals surface area (Å²) >= 11 is 0. The highest BCUT2D eigenvalue weighted by molar-refractivity contribution is 7.84. The molecule has 0 aromatic heterocycles. The van der Waals surface area contributed by atoms with Crippen LogP contribution in [0.25, 0.3) is 0 Å². The van der Waals surface area contributed by atoms with Crippen LogP contribution in [0, 0.1) is 0 Å². The molecule has 0 heterocycles. The van der Waals surface area contributed by atoms with E-state index in [1.807, 2.05) is 30.3 Å². The molecular formula is C10H15NO2S. The van der Waals surface area contributed by atoms with E-state index < -0.39 is 10.8 Å². The van der Waals surface area contributed by atoms with Crippen LogP contribution in [-0.4, -0.2) is 27.7 Å². The van der Waals surface area contributed by atoms with Crippen molar-refractivity contribution in [3.05, 3.63) is 35.9 Å². The topological polar surface area (TPSA) is 63.3 Å². The molecule has 1 rings (SSSR count). The third-order valence-electron chi connectivity index (χ3n) is 1.80. The molecule has 0 radical (unpaired) electrons. The lowest BCUT2D eigenvalue weighted by Gasteiger charge is -2.07. The van der Waals surface area contributed by atoms with Crippen LogP contribution in [0.15, 0.2) is 30.3 Å². The van der Waals surface area contributed by atoms with Crippen LogP contribution in [0.4, 0.5) is 0 Å². The molecule has 0 saturated carbocycles. The van der Waals surface area contributed by atoms with Crippen LogP contribution in [0.1, 0.15) is 5.56 Å². The summed E-state index contributed by atoms with van der Waals surface area (Å²) in [5.74, 6) is 0.861.